The van der Waals surface area contributed by atoms with E-state index in [1.165, 1.54) is 6.08 Å². The van der Waals surface area contributed by atoms with Crippen molar-refractivity contribution in [2.45, 2.75) is 19.9 Å². The number of benzene rings is 2. The molecule has 150 valence electrons. The highest BCUT2D eigenvalue weighted by atomic mass is 32.2. The third-order valence-corrected chi connectivity index (χ3v) is 5.22. The van der Waals surface area contributed by atoms with E-state index in [4.69, 9.17) is 0 Å². The quantitative estimate of drug-likeness (QED) is 0.677. The molecule has 2 aromatic rings. The SMILES string of the molecule is Cc1ccc(/C=C/S(=O)(=O)NCCC(=O)NCc2ccc(N(C)C)cc2)cc1. The maximum atomic E-state index is 12.0. The van der Waals surface area contributed by atoms with E-state index in [-0.39, 0.29) is 18.9 Å². The molecule has 2 aromatic carbocycles. The molecule has 2 rings (SSSR count). The summed E-state index contributed by atoms with van der Waals surface area (Å²) in [6, 6.07) is 15.4. The van der Waals surface area contributed by atoms with Gasteiger partial charge in [-0.05, 0) is 36.3 Å². The Hall–Kier alpha value is -2.64. The van der Waals surface area contributed by atoms with Gasteiger partial charge in [-0.1, -0.05) is 42.0 Å². The van der Waals surface area contributed by atoms with Crippen molar-refractivity contribution in [2.75, 3.05) is 25.5 Å². The van der Waals surface area contributed by atoms with E-state index in [0.29, 0.717) is 6.54 Å². The van der Waals surface area contributed by atoms with Crippen molar-refractivity contribution < 1.29 is 13.2 Å². The summed E-state index contributed by atoms with van der Waals surface area (Å²) in [7, 11) is 0.351. The lowest BCUT2D eigenvalue weighted by Crippen LogP contribution is -2.29. The summed E-state index contributed by atoms with van der Waals surface area (Å²) in [4.78, 5) is 13.9. The molecule has 0 aliphatic carbocycles. The zero-order valence-electron chi connectivity index (χ0n) is 16.5. The third-order valence-electron chi connectivity index (χ3n) is 4.11. The minimum absolute atomic E-state index is 0.0476. The number of carbonyl (C=O) groups is 1. The van der Waals surface area contributed by atoms with Crippen LogP contribution in [0.25, 0.3) is 6.08 Å². The van der Waals surface area contributed by atoms with E-state index in [1.807, 2.05) is 74.4 Å². The topological polar surface area (TPSA) is 78.5 Å². The summed E-state index contributed by atoms with van der Waals surface area (Å²) < 4.78 is 26.4. The van der Waals surface area contributed by atoms with Gasteiger partial charge in [0.2, 0.25) is 15.9 Å². The van der Waals surface area contributed by atoms with Gasteiger partial charge in [-0.2, -0.15) is 0 Å². The molecule has 0 bridgehead atoms. The molecule has 28 heavy (non-hydrogen) atoms. The Morgan fingerprint density at radius 3 is 2.29 bits per heavy atom. The second-order valence-electron chi connectivity index (χ2n) is 6.74. The highest BCUT2D eigenvalue weighted by Crippen LogP contribution is 2.12. The number of sulfonamides is 1. The van der Waals surface area contributed by atoms with Crippen molar-refractivity contribution in [1.29, 1.82) is 0 Å². The fraction of sp³-hybridized carbons (Fsp3) is 0.286. The lowest BCUT2D eigenvalue weighted by Gasteiger charge is -2.13. The lowest BCUT2D eigenvalue weighted by atomic mass is 10.2. The van der Waals surface area contributed by atoms with Crippen LogP contribution in [0.3, 0.4) is 0 Å². The molecule has 7 heteroatoms. The van der Waals surface area contributed by atoms with Gasteiger partial charge in [-0.15, -0.1) is 0 Å². The van der Waals surface area contributed by atoms with E-state index in [9.17, 15) is 13.2 Å². The van der Waals surface area contributed by atoms with Crippen LogP contribution in [-0.2, 0) is 21.4 Å². The van der Waals surface area contributed by atoms with E-state index in [0.717, 1.165) is 27.8 Å². The summed E-state index contributed by atoms with van der Waals surface area (Å²) in [6.07, 6.45) is 1.60. The molecule has 0 saturated heterocycles. The average Bonchev–Trinajstić information content (AvgIpc) is 2.66. The van der Waals surface area contributed by atoms with Gasteiger partial charge >= 0.3 is 0 Å². The lowest BCUT2D eigenvalue weighted by molar-refractivity contribution is -0.121. The molecule has 6 nitrogen and oxygen atoms in total. The van der Waals surface area contributed by atoms with Crippen molar-refractivity contribution in [3.8, 4) is 0 Å². The van der Waals surface area contributed by atoms with E-state index < -0.39 is 10.0 Å². The van der Waals surface area contributed by atoms with Gasteiger partial charge in [0.25, 0.3) is 0 Å². The summed E-state index contributed by atoms with van der Waals surface area (Å²) in [5.41, 5.74) is 3.98. The van der Waals surface area contributed by atoms with E-state index in [2.05, 4.69) is 10.0 Å². The van der Waals surface area contributed by atoms with Crippen LogP contribution in [0.1, 0.15) is 23.1 Å². The zero-order valence-corrected chi connectivity index (χ0v) is 17.3. The van der Waals surface area contributed by atoms with Crippen LogP contribution in [-0.4, -0.2) is 35.0 Å². The van der Waals surface area contributed by atoms with Gasteiger partial charge in [0, 0.05) is 44.7 Å². The fourth-order valence-electron chi connectivity index (χ4n) is 2.40. The summed E-state index contributed by atoms with van der Waals surface area (Å²) in [5.74, 6) is -0.207. The standard InChI is InChI=1S/C21H27N3O3S/c1-17-4-6-18(7-5-17)13-15-28(26,27)23-14-12-21(25)22-16-19-8-10-20(11-9-19)24(2)3/h4-11,13,15,23H,12,14,16H2,1-3H3,(H,22,25)/b15-13+. The van der Waals surface area contributed by atoms with Crippen molar-refractivity contribution >= 4 is 27.7 Å². The smallest absolute Gasteiger partial charge is 0.233 e. The van der Waals surface area contributed by atoms with Crippen LogP contribution < -0.4 is 14.9 Å². The number of aryl methyl sites for hydroxylation is 1. The first-order valence-corrected chi connectivity index (χ1v) is 10.6. The molecule has 0 heterocycles. The number of anilines is 1. The van der Waals surface area contributed by atoms with E-state index >= 15 is 0 Å². The summed E-state index contributed by atoms with van der Waals surface area (Å²) in [5, 5.41) is 3.90. The number of nitrogens with zero attached hydrogens (tertiary/aromatic N) is 1. The van der Waals surface area contributed by atoms with Crippen molar-refractivity contribution in [3.05, 3.63) is 70.6 Å². The summed E-state index contributed by atoms with van der Waals surface area (Å²) in [6.45, 7) is 2.42. The molecule has 0 radical (unpaired) electrons. The molecule has 0 spiro atoms. The maximum Gasteiger partial charge on any atom is 0.233 e. The first-order valence-electron chi connectivity index (χ1n) is 9.02. The second kappa shape index (κ2) is 10.1. The number of rotatable bonds is 9. The maximum absolute atomic E-state index is 12.0. The largest absolute Gasteiger partial charge is 0.378 e. The number of carbonyl (C=O) groups excluding carboxylic acids is 1. The molecule has 0 aliphatic heterocycles. The molecule has 0 fully saturated rings. The predicted molar refractivity (Wildman–Crippen MR) is 114 cm³/mol. The van der Waals surface area contributed by atoms with Crippen molar-refractivity contribution in [3.63, 3.8) is 0 Å². The molecular weight excluding hydrogens is 374 g/mol. The monoisotopic (exact) mass is 401 g/mol. The van der Waals surface area contributed by atoms with Gasteiger partial charge in [-0.25, -0.2) is 13.1 Å². The number of hydrogen-bond donors (Lipinski definition) is 2. The molecule has 0 aromatic heterocycles. The third kappa shape index (κ3) is 7.54. The first-order chi connectivity index (χ1) is 13.2. The minimum Gasteiger partial charge on any atom is -0.378 e. The molecule has 1 amide bonds. The molecule has 0 atom stereocenters. The Labute approximate surface area is 167 Å². The van der Waals surface area contributed by atoms with Crippen LogP contribution in [0.15, 0.2) is 53.9 Å². The molecule has 0 aliphatic rings. The van der Waals surface area contributed by atoms with Crippen LogP contribution in [0.4, 0.5) is 5.69 Å². The Balaban J connectivity index is 1.73. The van der Waals surface area contributed by atoms with Crippen molar-refractivity contribution in [1.82, 2.24) is 10.0 Å². The highest BCUT2D eigenvalue weighted by Gasteiger charge is 2.07. The molecule has 2 N–H and O–H groups in total. The summed E-state index contributed by atoms with van der Waals surface area (Å²) >= 11 is 0. The fourth-order valence-corrected chi connectivity index (χ4v) is 3.22. The van der Waals surface area contributed by atoms with Gasteiger partial charge in [-0.3, -0.25) is 4.79 Å². The van der Waals surface area contributed by atoms with Crippen LogP contribution in [0, 0.1) is 6.92 Å². The van der Waals surface area contributed by atoms with Gasteiger partial charge < -0.3 is 10.2 Å². The number of amides is 1. The van der Waals surface area contributed by atoms with Crippen LogP contribution >= 0.6 is 0 Å². The van der Waals surface area contributed by atoms with Gasteiger partial charge in [0.15, 0.2) is 0 Å². The predicted octanol–water partition coefficient (Wildman–Crippen LogP) is 2.66. The molecular formula is C21H27N3O3S. The van der Waals surface area contributed by atoms with Crippen LogP contribution in [0.2, 0.25) is 0 Å². The number of nitrogens with one attached hydrogen (secondary N) is 2. The Kier molecular flexibility index (Phi) is 7.78. The minimum atomic E-state index is -3.58. The second-order valence-corrected chi connectivity index (χ2v) is 8.39. The van der Waals surface area contributed by atoms with Gasteiger partial charge in [0.05, 0.1) is 0 Å². The van der Waals surface area contributed by atoms with E-state index in [1.54, 1.807) is 0 Å². The Morgan fingerprint density at radius 1 is 1.04 bits per heavy atom. The molecule has 0 saturated carbocycles. The normalized spacial score (nSPS) is 11.5. The number of hydrogen-bond acceptors (Lipinski definition) is 4. The average molecular weight is 402 g/mol. The Bertz CT molecular complexity index is 903. The molecule has 0 unspecified atom stereocenters. The van der Waals surface area contributed by atoms with Crippen molar-refractivity contribution in [2.24, 2.45) is 0 Å². The Morgan fingerprint density at radius 2 is 1.68 bits per heavy atom. The zero-order chi connectivity index (χ0) is 20.6. The highest BCUT2D eigenvalue weighted by molar-refractivity contribution is 7.92. The van der Waals surface area contributed by atoms with Crippen LogP contribution in [0.5, 0.6) is 0 Å². The van der Waals surface area contributed by atoms with Gasteiger partial charge in [0.1, 0.15) is 0 Å². The first kappa shape index (κ1) is 21.7.